The van der Waals surface area contributed by atoms with Gasteiger partial charge in [0.05, 0.1) is 24.4 Å². The van der Waals surface area contributed by atoms with E-state index >= 15 is 0 Å². The van der Waals surface area contributed by atoms with Crippen LogP contribution in [0.25, 0.3) is 0 Å². The highest BCUT2D eigenvalue weighted by Crippen LogP contribution is 2.23. The van der Waals surface area contributed by atoms with Crippen LogP contribution in [0, 0.1) is 11.3 Å². The van der Waals surface area contributed by atoms with Crippen molar-refractivity contribution in [3.63, 3.8) is 0 Å². The van der Waals surface area contributed by atoms with Gasteiger partial charge in [-0.15, -0.1) is 0 Å². The molecule has 3 heterocycles. The Bertz CT molecular complexity index is 779. The van der Waals surface area contributed by atoms with Crippen molar-refractivity contribution in [2.45, 2.75) is 6.10 Å². The topological polar surface area (TPSA) is 98.1 Å². The van der Waals surface area contributed by atoms with Crippen molar-refractivity contribution in [2.75, 3.05) is 38.7 Å². The van der Waals surface area contributed by atoms with E-state index < -0.39 is 0 Å². The lowest BCUT2D eigenvalue weighted by Gasteiger charge is -2.32. The summed E-state index contributed by atoms with van der Waals surface area (Å²) >= 11 is 0. The van der Waals surface area contributed by atoms with Gasteiger partial charge in [-0.05, 0) is 12.1 Å². The predicted molar refractivity (Wildman–Crippen MR) is 86.5 cm³/mol. The maximum atomic E-state index is 12.6. The Labute approximate surface area is 139 Å². The Morgan fingerprint density at radius 3 is 3.08 bits per heavy atom. The number of nitriles is 1. The zero-order valence-corrected chi connectivity index (χ0v) is 13.6. The van der Waals surface area contributed by atoms with Gasteiger partial charge in [-0.2, -0.15) is 5.26 Å². The molecule has 0 spiro atoms. The van der Waals surface area contributed by atoms with E-state index in [1.54, 1.807) is 29.4 Å². The molecule has 0 saturated carbocycles. The summed E-state index contributed by atoms with van der Waals surface area (Å²) in [6.45, 7) is 1.36. The Morgan fingerprint density at radius 1 is 1.54 bits per heavy atom. The molecule has 1 atom stereocenters. The molecule has 1 aliphatic rings. The first-order valence-electron chi connectivity index (χ1n) is 7.58. The molecule has 1 saturated heterocycles. The zero-order valence-electron chi connectivity index (χ0n) is 13.6. The van der Waals surface area contributed by atoms with Crippen LogP contribution in [-0.4, -0.2) is 59.6 Å². The lowest BCUT2D eigenvalue weighted by atomic mass is 10.1. The normalized spacial score (nSPS) is 17.4. The van der Waals surface area contributed by atoms with Crippen LogP contribution in [0.1, 0.15) is 27.8 Å². The fraction of sp³-hybridized carbons (Fsp3) is 0.375. The van der Waals surface area contributed by atoms with E-state index in [2.05, 4.69) is 15.0 Å². The summed E-state index contributed by atoms with van der Waals surface area (Å²) in [4.78, 5) is 27.6. The number of aromatic amines is 1. The summed E-state index contributed by atoms with van der Waals surface area (Å²) in [7, 11) is 3.74. The lowest BCUT2D eigenvalue weighted by molar-refractivity contribution is -0.0247. The molecule has 1 aliphatic heterocycles. The monoisotopic (exact) mass is 326 g/mol. The SMILES string of the molecule is CN(C)c1nccc(C2CN(C(=O)c3c[nH]c(C#N)c3)CCO2)n1. The van der Waals surface area contributed by atoms with Crippen molar-refractivity contribution in [3.8, 4) is 6.07 Å². The van der Waals surface area contributed by atoms with E-state index in [-0.39, 0.29) is 12.0 Å². The number of rotatable bonds is 3. The molecule has 24 heavy (non-hydrogen) atoms. The van der Waals surface area contributed by atoms with E-state index in [1.807, 2.05) is 25.1 Å². The Balaban J connectivity index is 1.75. The number of carbonyl (C=O) groups is 1. The highest BCUT2D eigenvalue weighted by atomic mass is 16.5. The van der Waals surface area contributed by atoms with Crippen molar-refractivity contribution in [2.24, 2.45) is 0 Å². The van der Waals surface area contributed by atoms with Gasteiger partial charge in [-0.25, -0.2) is 9.97 Å². The quantitative estimate of drug-likeness (QED) is 0.902. The van der Waals surface area contributed by atoms with Crippen molar-refractivity contribution >= 4 is 11.9 Å². The van der Waals surface area contributed by atoms with E-state index in [9.17, 15) is 4.79 Å². The zero-order chi connectivity index (χ0) is 17.1. The lowest BCUT2D eigenvalue weighted by Crippen LogP contribution is -2.42. The van der Waals surface area contributed by atoms with Crippen molar-refractivity contribution in [1.29, 1.82) is 5.26 Å². The molecule has 1 fully saturated rings. The van der Waals surface area contributed by atoms with Crippen LogP contribution < -0.4 is 4.90 Å². The molecular formula is C16H18N6O2. The minimum Gasteiger partial charge on any atom is -0.368 e. The molecule has 1 N–H and O–H groups in total. The van der Waals surface area contributed by atoms with Gasteiger partial charge in [-0.1, -0.05) is 0 Å². The smallest absolute Gasteiger partial charge is 0.255 e. The van der Waals surface area contributed by atoms with Gasteiger partial charge < -0.3 is 19.5 Å². The molecule has 3 rings (SSSR count). The largest absolute Gasteiger partial charge is 0.368 e. The highest BCUT2D eigenvalue weighted by Gasteiger charge is 2.27. The average Bonchev–Trinajstić information content (AvgIpc) is 3.10. The molecule has 124 valence electrons. The Morgan fingerprint density at radius 2 is 2.38 bits per heavy atom. The average molecular weight is 326 g/mol. The van der Waals surface area contributed by atoms with Crippen LogP contribution in [0.4, 0.5) is 5.95 Å². The number of aromatic nitrogens is 3. The number of amides is 1. The summed E-state index contributed by atoms with van der Waals surface area (Å²) in [5.41, 5.74) is 1.59. The summed E-state index contributed by atoms with van der Waals surface area (Å²) < 4.78 is 5.78. The minimum absolute atomic E-state index is 0.122. The van der Waals surface area contributed by atoms with Gasteiger partial charge in [0.1, 0.15) is 17.9 Å². The Kier molecular flexibility index (Phi) is 4.44. The number of nitrogens with one attached hydrogen (secondary N) is 1. The molecule has 2 aromatic rings. The van der Waals surface area contributed by atoms with Crippen LogP contribution in [0.5, 0.6) is 0 Å². The summed E-state index contributed by atoms with van der Waals surface area (Å²) in [5.74, 6) is 0.479. The minimum atomic E-state index is -0.293. The molecule has 1 amide bonds. The van der Waals surface area contributed by atoms with E-state index in [0.29, 0.717) is 36.9 Å². The number of H-pyrrole nitrogens is 1. The first-order chi connectivity index (χ1) is 11.6. The number of nitrogens with zero attached hydrogens (tertiary/aromatic N) is 5. The van der Waals surface area contributed by atoms with Gasteiger partial charge >= 0.3 is 0 Å². The number of hydrogen-bond donors (Lipinski definition) is 1. The van der Waals surface area contributed by atoms with E-state index in [0.717, 1.165) is 5.69 Å². The van der Waals surface area contributed by atoms with Crippen molar-refractivity contribution < 1.29 is 9.53 Å². The van der Waals surface area contributed by atoms with Gasteiger partial charge in [0, 0.05) is 33.0 Å². The third kappa shape index (κ3) is 3.21. The summed E-state index contributed by atoms with van der Waals surface area (Å²) in [6.07, 6.45) is 2.95. The fourth-order valence-corrected chi connectivity index (χ4v) is 2.53. The predicted octanol–water partition coefficient (Wildman–Crippen LogP) is 0.956. The number of carbonyl (C=O) groups excluding carboxylic acids is 1. The van der Waals surface area contributed by atoms with Crippen LogP contribution in [0.2, 0.25) is 0 Å². The number of hydrogen-bond acceptors (Lipinski definition) is 6. The van der Waals surface area contributed by atoms with Crippen LogP contribution >= 0.6 is 0 Å². The summed E-state index contributed by atoms with van der Waals surface area (Å²) in [6, 6.07) is 5.34. The van der Waals surface area contributed by atoms with Crippen LogP contribution in [-0.2, 0) is 4.74 Å². The van der Waals surface area contributed by atoms with E-state index in [4.69, 9.17) is 10.00 Å². The highest BCUT2D eigenvalue weighted by molar-refractivity contribution is 5.94. The number of ether oxygens (including phenoxy) is 1. The van der Waals surface area contributed by atoms with Gasteiger partial charge in [0.25, 0.3) is 5.91 Å². The molecule has 2 aromatic heterocycles. The molecule has 0 bridgehead atoms. The molecule has 0 aliphatic carbocycles. The van der Waals surface area contributed by atoms with Crippen LogP contribution in [0.15, 0.2) is 24.5 Å². The maximum absolute atomic E-state index is 12.6. The molecule has 1 unspecified atom stereocenters. The second kappa shape index (κ2) is 6.68. The van der Waals surface area contributed by atoms with Gasteiger partial charge in [0.2, 0.25) is 5.95 Å². The van der Waals surface area contributed by atoms with Gasteiger partial charge in [0.15, 0.2) is 0 Å². The second-order valence-electron chi connectivity index (χ2n) is 5.70. The van der Waals surface area contributed by atoms with Crippen LogP contribution in [0.3, 0.4) is 0 Å². The van der Waals surface area contributed by atoms with Crippen molar-refractivity contribution in [3.05, 3.63) is 41.5 Å². The fourth-order valence-electron chi connectivity index (χ4n) is 2.53. The third-order valence-corrected chi connectivity index (χ3v) is 3.80. The molecule has 8 nitrogen and oxygen atoms in total. The van der Waals surface area contributed by atoms with Crippen molar-refractivity contribution in [1.82, 2.24) is 19.9 Å². The standard InChI is InChI=1S/C16H18N6O2/c1-21(2)16-18-4-3-13(20-16)14-10-22(5-6-24-14)15(23)11-7-12(8-17)19-9-11/h3-4,7,9,14,19H,5-6,10H2,1-2H3. The maximum Gasteiger partial charge on any atom is 0.255 e. The molecule has 0 radical (unpaired) electrons. The number of morpholine rings is 1. The molecular weight excluding hydrogens is 308 g/mol. The van der Waals surface area contributed by atoms with E-state index in [1.165, 1.54) is 0 Å². The molecule has 8 heteroatoms. The second-order valence-corrected chi connectivity index (χ2v) is 5.70. The Hall–Kier alpha value is -2.92. The molecule has 0 aromatic carbocycles. The number of anilines is 1. The van der Waals surface area contributed by atoms with Gasteiger partial charge in [-0.3, -0.25) is 4.79 Å². The first-order valence-corrected chi connectivity index (χ1v) is 7.58. The third-order valence-electron chi connectivity index (χ3n) is 3.80. The summed E-state index contributed by atoms with van der Waals surface area (Å²) in [5, 5.41) is 8.86. The first kappa shape index (κ1) is 16.0.